The summed E-state index contributed by atoms with van der Waals surface area (Å²) in [5.74, 6) is -0.757. The maximum Gasteiger partial charge on any atom is 0.321 e. The fourth-order valence-electron chi connectivity index (χ4n) is 1.41. The van der Waals surface area contributed by atoms with Crippen molar-refractivity contribution in [3.63, 3.8) is 0 Å². The second-order valence-electron chi connectivity index (χ2n) is 2.89. The van der Waals surface area contributed by atoms with E-state index in [1.54, 1.807) is 19.1 Å². The van der Waals surface area contributed by atoms with E-state index in [0.29, 0.717) is 13.0 Å². The Balaban J connectivity index is 0.00000121. The Bertz CT molecular complexity index is 165. The van der Waals surface area contributed by atoms with E-state index < -0.39 is 5.97 Å². The van der Waals surface area contributed by atoms with E-state index in [4.69, 9.17) is 9.84 Å². The topological polar surface area (TPSA) is 49.8 Å². The van der Waals surface area contributed by atoms with Crippen LogP contribution in [0.15, 0.2) is 0 Å². The van der Waals surface area contributed by atoms with Crippen molar-refractivity contribution in [2.45, 2.75) is 18.6 Å². The van der Waals surface area contributed by atoms with Gasteiger partial charge in [0.15, 0.2) is 0 Å². The van der Waals surface area contributed by atoms with Crippen molar-refractivity contribution in [3.05, 3.63) is 0 Å². The zero-order valence-electron chi connectivity index (χ0n) is 7.19. The minimum atomic E-state index is -0.757. The molecule has 0 saturated carbocycles. The molecule has 1 rings (SSSR count). The maximum absolute atomic E-state index is 10.6. The van der Waals surface area contributed by atoms with Gasteiger partial charge in [-0.3, -0.25) is 9.69 Å². The first-order chi connectivity index (χ1) is 5.15. The summed E-state index contributed by atoms with van der Waals surface area (Å²) in [4.78, 5) is 12.4. The van der Waals surface area contributed by atoms with E-state index in [1.165, 1.54) is 0 Å². The molecule has 0 bridgehead atoms. The lowest BCUT2D eigenvalue weighted by Gasteiger charge is -2.12. The summed E-state index contributed by atoms with van der Waals surface area (Å²) in [7, 11) is 3.42. The third kappa shape index (κ3) is 2.33. The van der Waals surface area contributed by atoms with E-state index >= 15 is 0 Å². The number of carboxylic acid groups (broad SMARTS) is 1. The van der Waals surface area contributed by atoms with E-state index in [0.717, 1.165) is 0 Å². The Kier molecular flexibility index (Phi) is 4.52. The number of methoxy groups -OCH3 is 1. The SMILES string of the molecule is CO[C@@H]1C[C@H](C(=O)O)N(C)C1.Cl. The average molecular weight is 196 g/mol. The minimum Gasteiger partial charge on any atom is -0.480 e. The molecule has 4 nitrogen and oxygen atoms in total. The molecule has 1 aliphatic rings. The molecule has 1 N–H and O–H groups in total. The lowest BCUT2D eigenvalue weighted by atomic mass is 10.2. The fraction of sp³-hybridized carbons (Fsp3) is 0.857. The van der Waals surface area contributed by atoms with Crippen molar-refractivity contribution < 1.29 is 14.6 Å². The first-order valence-electron chi connectivity index (χ1n) is 3.61. The molecule has 1 fully saturated rings. The Morgan fingerprint density at radius 3 is 2.50 bits per heavy atom. The molecule has 1 heterocycles. The summed E-state index contributed by atoms with van der Waals surface area (Å²) in [6.45, 7) is 0.716. The second kappa shape index (κ2) is 4.64. The van der Waals surface area contributed by atoms with Gasteiger partial charge >= 0.3 is 5.97 Å². The number of carbonyl (C=O) groups is 1. The van der Waals surface area contributed by atoms with Crippen LogP contribution in [0, 0.1) is 0 Å². The van der Waals surface area contributed by atoms with Gasteiger partial charge in [-0.05, 0) is 7.05 Å². The number of nitrogens with zero attached hydrogens (tertiary/aromatic N) is 1. The molecule has 12 heavy (non-hydrogen) atoms. The molecular weight excluding hydrogens is 182 g/mol. The van der Waals surface area contributed by atoms with Crippen molar-refractivity contribution in [2.24, 2.45) is 0 Å². The van der Waals surface area contributed by atoms with Gasteiger partial charge in [-0.25, -0.2) is 0 Å². The zero-order chi connectivity index (χ0) is 8.43. The van der Waals surface area contributed by atoms with Crippen LogP contribution in [0.5, 0.6) is 0 Å². The molecule has 2 atom stereocenters. The normalized spacial score (nSPS) is 29.8. The van der Waals surface area contributed by atoms with Crippen LogP contribution < -0.4 is 0 Å². The molecule has 0 aromatic carbocycles. The maximum atomic E-state index is 10.6. The summed E-state index contributed by atoms with van der Waals surface area (Å²) in [6.07, 6.45) is 0.684. The summed E-state index contributed by atoms with van der Waals surface area (Å²) >= 11 is 0. The smallest absolute Gasteiger partial charge is 0.321 e. The standard InChI is InChI=1S/C7H13NO3.ClH/c1-8-4-5(11-2)3-6(8)7(9)10;/h5-6H,3-4H2,1-2H3,(H,9,10);1H/t5-,6-;/m1./s1. The number of hydrogen-bond donors (Lipinski definition) is 1. The van der Waals surface area contributed by atoms with Gasteiger partial charge in [-0.1, -0.05) is 0 Å². The molecular formula is C7H14ClNO3. The van der Waals surface area contributed by atoms with Crippen LogP contribution in [0.2, 0.25) is 0 Å². The summed E-state index contributed by atoms with van der Waals surface area (Å²) in [5, 5.41) is 8.70. The van der Waals surface area contributed by atoms with Gasteiger partial charge in [0.25, 0.3) is 0 Å². The Morgan fingerprint density at radius 2 is 2.25 bits per heavy atom. The zero-order valence-corrected chi connectivity index (χ0v) is 8.00. The molecule has 1 aliphatic heterocycles. The summed E-state index contributed by atoms with van der Waals surface area (Å²) in [5.41, 5.74) is 0. The first kappa shape index (κ1) is 11.7. The predicted molar refractivity (Wildman–Crippen MR) is 46.7 cm³/mol. The number of rotatable bonds is 2. The average Bonchev–Trinajstić information content (AvgIpc) is 2.30. The van der Waals surface area contributed by atoms with Gasteiger partial charge in [0, 0.05) is 20.1 Å². The number of halogens is 1. The van der Waals surface area contributed by atoms with E-state index in [-0.39, 0.29) is 24.6 Å². The quantitative estimate of drug-likeness (QED) is 0.685. The highest BCUT2D eigenvalue weighted by atomic mass is 35.5. The molecule has 0 spiro atoms. The molecule has 0 aromatic heterocycles. The van der Waals surface area contributed by atoms with Gasteiger partial charge < -0.3 is 9.84 Å². The highest BCUT2D eigenvalue weighted by Crippen LogP contribution is 2.17. The van der Waals surface area contributed by atoms with Crippen LogP contribution in [0.25, 0.3) is 0 Å². The van der Waals surface area contributed by atoms with Crippen molar-refractivity contribution in [1.29, 1.82) is 0 Å². The van der Waals surface area contributed by atoms with E-state index in [1.807, 2.05) is 0 Å². The number of likely N-dealkylation sites (N-methyl/N-ethyl adjacent to an activating group) is 1. The number of likely N-dealkylation sites (tertiary alicyclic amines) is 1. The highest BCUT2D eigenvalue weighted by Gasteiger charge is 2.34. The van der Waals surface area contributed by atoms with Crippen molar-refractivity contribution in [2.75, 3.05) is 20.7 Å². The van der Waals surface area contributed by atoms with Gasteiger partial charge in [0.2, 0.25) is 0 Å². The predicted octanol–water partition coefficient (Wildman–Crippen LogP) is 0.212. The molecule has 1 saturated heterocycles. The molecule has 0 amide bonds. The van der Waals surface area contributed by atoms with Crippen LogP contribution in [-0.2, 0) is 9.53 Å². The highest BCUT2D eigenvalue weighted by molar-refractivity contribution is 5.85. The monoisotopic (exact) mass is 195 g/mol. The largest absolute Gasteiger partial charge is 0.480 e. The number of hydrogen-bond acceptors (Lipinski definition) is 3. The van der Waals surface area contributed by atoms with Crippen molar-refractivity contribution >= 4 is 18.4 Å². The van der Waals surface area contributed by atoms with Gasteiger partial charge in [-0.15, -0.1) is 12.4 Å². The number of carboxylic acids is 1. The van der Waals surface area contributed by atoms with Crippen LogP contribution in [0.3, 0.4) is 0 Å². The van der Waals surface area contributed by atoms with Gasteiger partial charge in [0.05, 0.1) is 6.10 Å². The Hall–Kier alpha value is -0.320. The second-order valence-corrected chi connectivity index (χ2v) is 2.89. The van der Waals surface area contributed by atoms with Crippen LogP contribution in [-0.4, -0.2) is 48.8 Å². The minimum absolute atomic E-state index is 0. The fourth-order valence-corrected chi connectivity index (χ4v) is 1.41. The molecule has 0 radical (unpaired) electrons. The van der Waals surface area contributed by atoms with Crippen LogP contribution in [0.4, 0.5) is 0 Å². The molecule has 0 aromatic rings. The first-order valence-corrected chi connectivity index (χ1v) is 3.61. The lowest BCUT2D eigenvalue weighted by molar-refractivity contribution is -0.141. The Morgan fingerprint density at radius 1 is 1.67 bits per heavy atom. The van der Waals surface area contributed by atoms with Crippen LogP contribution in [0.1, 0.15) is 6.42 Å². The van der Waals surface area contributed by atoms with Crippen molar-refractivity contribution in [1.82, 2.24) is 4.90 Å². The molecule has 0 aliphatic carbocycles. The van der Waals surface area contributed by atoms with Gasteiger partial charge in [-0.2, -0.15) is 0 Å². The van der Waals surface area contributed by atoms with E-state index in [2.05, 4.69) is 0 Å². The summed E-state index contributed by atoms with van der Waals surface area (Å²) < 4.78 is 5.06. The van der Waals surface area contributed by atoms with Crippen LogP contribution >= 0.6 is 12.4 Å². The van der Waals surface area contributed by atoms with Crippen molar-refractivity contribution in [3.8, 4) is 0 Å². The third-order valence-corrected chi connectivity index (χ3v) is 2.13. The Labute approximate surface area is 77.9 Å². The van der Waals surface area contributed by atoms with E-state index in [9.17, 15) is 4.79 Å². The lowest BCUT2D eigenvalue weighted by Crippen LogP contribution is -2.32. The molecule has 0 unspecified atom stereocenters. The summed E-state index contributed by atoms with van der Waals surface area (Å²) in [6, 6.07) is -0.361. The molecule has 72 valence electrons. The number of aliphatic carboxylic acids is 1. The third-order valence-electron chi connectivity index (χ3n) is 2.13. The van der Waals surface area contributed by atoms with Gasteiger partial charge in [0.1, 0.15) is 6.04 Å². The number of ether oxygens (including phenoxy) is 1. The molecule has 5 heteroatoms.